The van der Waals surface area contributed by atoms with Crippen molar-refractivity contribution in [3.05, 3.63) is 35.6 Å². The van der Waals surface area contributed by atoms with Crippen LogP contribution in [0.3, 0.4) is 0 Å². The number of rotatable bonds is 4. The van der Waals surface area contributed by atoms with Crippen LogP contribution in [0.2, 0.25) is 0 Å². The number of benzene rings is 1. The smallest absolute Gasteiger partial charge is 0.234 e. The van der Waals surface area contributed by atoms with Crippen LogP contribution in [0.15, 0.2) is 24.3 Å². The molecule has 1 N–H and O–H groups in total. The van der Waals surface area contributed by atoms with Gasteiger partial charge in [0.1, 0.15) is 11.7 Å². The number of hydrogen-bond donors (Lipinski definition) is 1. The van der Waals surface area contributed by atoms with Gasteiger partial charge in [0.2, 0.25) is 5.91 Å². The first-order valence-corrected chi connectivity index (χ1v) is 5.58. The molecule has 1 aromatic rings. The van der Waals surface area contributed by atoms with Crippen molar-refractivity contribution in [1.82, 2.24) is 5.32 Å². The summed E-state index contributed by atoms with van der Waals surface area (Å²) in [5.41, 5.74) is 0.534. The number of carbonyl (C=O) groups is 1. The topological polar surface area (TPSA) is 29.1 Å². The Balaban J connectivity index is 2.73. The molecule has 0 fully saturated rings. The summed E-state index contributed by atoms with van der Waals surface area (Å²) in [6, 6.07) is 6.38. The maximum absolute atomic E-state index is 13.1. The highest BCUT2D eigenvalue weighted by atomic mass is 35.5. The number of carbonyl (C=O) groups excluding carboxylic acids is 1. The van der Waals surface area contributed by atoms with Gasteiger partial charge in [0.25, 0.3) is 0 Å². The number of nitrogens with one attached hydrogen (secondary N) is 1. The molecule has 0 saturated carbocycles. The van der Waals surface area contributed by atoms with E-state index in [0.717, 1.165) is 5.56 Å². The lowest BCUT2D eigenvalue weighted by Gasteiger charge is -2.25. The normalized spacial score (nSPS) is 11.2. The summed E-state index contributed by atoms with van der Waals surface area (Å²) in [5.74, 6) is -0.542. The van der Waals surface area contributed by atoms with E-state index in [2.05, 4.69) is 5.32 Å². The van der Waals surface area contributed by atoms with Crippen molar-refractivity contribution in [3.8, 4) is 0 Å². The van der Waals surface area contributed by atoms with Gasteiger partial charge in [0.05, 0.1) is 0 Å². The van der Waals surface area contributed by atoms with Crippen LogP contribution in [0.4, 0.5) is 4.39 Å². The molecule has 1 amide bonds. The first-order valence-electron chi connectivity index (χ1n) is 5.04. The van der Waals surface area contributed by atoms with Crippen LogP contribution in [0.1, 0.15) is 19.4 Å². The average Bonchev–Trinajstić information content (AvgIpc) is 2.26. The zero-order chi connectivity index (χ0) is 12.2. The van der Waals surface area contributed by atoms with Gasteiger partial charge in [-0.2, -0.15) is 0 Å². The number of halogens is 2. The first-order chi connectivity index (χ1) is 7.45. The molecule has 1 rings (SSSR count). The van der Waals surface area contributed by atoms with Gasteiger partial charge >= 0.3 is 0 Å². The van der Waals surface area contributed by atoms with E-state index in [1.807, 2.05) is 19.9 Å². The minimum absolute atomic E-state index is 0.0563. The van der Waals surface area contributed by atoms with Gasteiger partial charge in [-0.25, -0.2) is 4.39 Å². The van der Waals surface area contributed by atoms with E-state index < -0.39 is 0 Å². The maximum atomic E-state index is 13.1. The third kappa shape index (κ3) is 3.49. The van der Waals surface area contributed by atoms with Crippen molar-refractivity contribution >= 4 is 17.5 Å². The van der Waals surface area contributed by atoms with Crippen LogP contribution in [-0.4, -0.2) is 18.3 Å². The molecule has 4 heteroatoms. The van der Waals surface area contributed by atoms with E-state index in [1.165, 1.54) is 12.1 Å². The summed E-state index contributed by atoms with van der Waals surface area (Å²) < 4.78 is 13.1. The highest BCUT2D eigenvalue weighted by Gasteiger charge is 2.21. The predicted molar refractivity (Wildman–Crippen MR) is 63.2 cm³/mol. The van der Waals surface area contributed by atoms with E-state index in [0.29, 0.717) is 6.54 Å². The van der Waals surface area contributed by atoms with Gasteiger partial charge in [-0.15, -0.1) is 11.6 Å². The van der Waals surface area contributed by atoms with Crippen molar-refractivity contribution in [2.75, 3.05) is 12.4 Å². The Labute approximate surface area is 99.8 Å². The second-order valence-corrected chi connectivity index (χ2v) is 4.57. The summed E-state index contributed by atoms with van der Waals surface area (Å²) in [4.78, 5) is 11.0. The summed E-state index contributed by atoms with van der Waals surface area (Å²) in [6.45, 7) is 4.31. The van der Waals surface area contributed by atoms with E-state index >= 15 is 0 Å². The summed E-state index contributed by atoms with van der Waals surface area (Å²) in [6.07, 6.45) is 0. The molecular weight excluding hydrogens is 229 g/mol. The Kier molecular flexibility index (Phi) is 4.30. The lowest BCUT2D eigenvalue weighted by Crippen LogP contribution is -2.37. The van der Waals surface area contributed by atoms with Crippen LogP contribution in [0, 0.1) is 5.82 Å². The van der Waals surface area contributed by atoms with Gasteiger partial charge < -0.3 is 5.32 Å². The van der Waals surface area contributed by atoms with E-state index in [1.54, 1.807) is 6.07 Å². The van der Waals surface area contributed by atoms with Crippen LogP contribution >= 0.6 is 11.6 Å². The fraction of sp³-hybridized carbons (Fsp3) is 0.417. The molecule has 0 saturated heterocycles. The van der Waals surface area contributed by atoms with Crippen LogP contribution < -0.4 is 5.32 Å². The second kappa shape index (κ2) is 5.30. The summed E-state index contributed by atoms with van der Waals surface area (Å²) in [5, 5.41) is 2.70. The molecule has 2 nitrogen and oxygen atoms in total. The molecule has 0 unspecified atom stereocenters. The zero-order valence-electron chi connectivity index (χ0n) is 9.39. The molecule has 0 bridgehead atoms. The molecule has 0 aromatic heterocycles. The molecular formula is C12H15ClFNO. The van der Waals surface area contributed by atoms with Gasteiger partial charge in [-0.05, 0) is 17.7 Å². The van der Waals surface area contributed by atoms with Gasteiger partial charge in [-0.3, -0.25) is 4.79 Å². The molecule has 16 heavy (non-hydrogen) atoms. The van der Waals surface area contributed by atoms with Crippen molar-refractivity contribution < 1.29 is 9.18 Å². The highest BCUT2D eigenvalue weighted by molar-refractivity contribution is 6.27. The largest absolute Gasteiger partial charge is 0.354 e. The van der Waals surface area contributed by atoms with Crippen molar-refractivity contribution in [1.29, 1.82) is 0 Å². The van der Waals surface area contributed by atoms with Gasteiger partial charge in [0.15, 0.2) is 0 Å². The Bertz CT molecular complexity index is 379. The highest BCUT2D eigenvalue weighted by Crippen LogP contribution is 2.22. The van der Waals surface area contributed by atoms with Crippen molar-refractivity contribution in [2.45, 2.75) is 19.3 Å². The molecule has 0 radical (unpaired) electrons. The van der Waals surface area contributed by atoms with E-state index in [4.69, 9.17) is 11.6 Å². The second-order valence-electron chi connectivity index (χ2n) is 4.30. The van der Waals surface area contributed by atoms with Gasteiger partial charge in [0, 0.05) is 12.0 Å². The number of hydrogen-bond acceptors (Lipinski definition) is 1. The van der Waals surface area contributed by atoms with Crippen molar-refractivity contribution in [2.24, 2.45) is 0 Å². The zero-order valence-corrected chi connectivity index (χ0v) is 10.1. The molecule has 0 heterocycles. The first kappa shape index (κ1) is 13.0. The molecule has 0 spiro atoms. The fourth-order valence-electron chi connectivity index (χ4n) is 1.38. The number of amides is 1. The molecule has 0 atom stereocenters. The molecule has 1 aromatic carbocycles. The lowest BCUT2D eigenvalue weighted by molar-refractivity contribution is -0.118. The predicted octanol–water partition coefficient (Wildman–Crippen LogP) is 2.46. The SMILES string of the molecule is CC(C)(CNC(=O)CCl)c1cccc(F)c1. The molecule has 0 aliphatic rings. The van der Waals surface area contributed by atoms with Crippen LogP contribution in [-0.2, 0) is 10.2 Å². The monoisotopic (exact) mass is 243 g/mol. The van der Waals surface area contributed by atoms with E-state index in [9.17, 15) is 9.18 Å². The maximum Gasteiger partial charge on any atom is 0.234 e. The minimum atomic E-state index is -0.316. The average molecular weight is 244 g/mol. The Morgan fingerprint density at radius 2 is 2.19 bits per heavy atom. The minimum Gasteiger partial charge on any atom is -0.354 e. The molecule has 0 aliphatic heterocycles. The Morgan fingerprint density at radius 1 is 1.50 bits per heavy atom. The van der Waals surface area contributed by atoms with Gasteiger partial charge in [-0.1, -0.05) is 26.0 Å². The molecule has 0 aliphatic carbocycles. The third-order valence-corrected chi connectivity index (χ3v) is 2.70. The summed E-state index contributed by atoms with van der Waals surface area (Å²) in [7, 11) is 0. The van der Waals surface area contributed by atoms with Crippen molar-refractivity contribution in [3.63, 3.8) is 0 Å². The van der Waals surface area contributed by atoms with E-state index in [-0.39, 0.29) is 23.0 Å². The quantitative estimate of drug-likeness (QED) is 0.809. The molecule has 88 valence electrons. The Morgan fingerprint density at radius 3 is 2.75 bits per heavy atom. The standard InChI is InChI=1S/C12H15ClFNO/c1-12(2,8-15-11(16)7-13)9-4-3-5-10(14)6-9/h3-6H,7-8H2,1-2H3,(H,15,16). The van der Waals surface area contributed by atoms with Crippen LogP contribution in [0.25, 0.3) is 0 Å². The Hall–Kier alpha value is -1.09. The van der Waals surface area contributed by atoms with Crippen LogP contribution in [0.5, 0.6) is 0 Å². The number of alkyl halides is 1. The third-order valence-electron chi connectivity index (χ3n) is 2.45. The summed E-state index contributed by atoms with van der Waals surface area (Å²) >= 11 is 5.38. The fourth-order valence-corrected chi connectivity index (χ4v) is 1.47. The lowest BCUT2D eigenvalue weighted by atomic mass is 9.84.